The van der Waals surface area contributed by atoms with Gasteiger partial charge in [-0.05, 0) is 55.6 Å². The van der Waals surface area contributed by atoms with Crippen molar-refractivity contribution in [2.75, 3.05) is 31.6 Å². The quantitative estimate of drug-likeness (QED) is 0.486. The Morgan fingerprint density at radius 1 is 1.10 bits per heavy atom. The van der Waals surface area contributed by atoms with Crippen molar-refractivity contribution in [2.24, 2.45) is 0 Å². The van der Waals surface area contributed by atoms with Crippen LogP contribution in [-0.2, 0) is 4.79 Å². The van der Waals surface area contributed by atoms with Crippen LogP contribution in [0.2, 0.25) is 0 Å². The van der Waals surface area contributed by atoms with Crippen LogP contribution in [0.5, 0.6) is 5.75 Å². The maximum atomic E-state index is 12.4. The fourth-order valence-electron chi connectivity index (χ4n) is 3.60. The third kappa shape index (κ3) is 4.23. The van der Waals surface area contributed by atoms with E-state index in [1.165, 1.54) is 0 Å². The number of hydrogen-bond donors (Lipinski definition) is 2. The van der Waals surface area contributed by atoms with Gasteiger partial charge in [0.1, 0.15) is 12.4 Å². The van der Waals surface area contributed by atoms with E-state index in [-0.39, 0.29) is 5.91 Å². The first-order valence-corrected chi connectivity index (χ1v) is 10.7. The summed E-state index contributed by atoms with van der Waals surface area (Å²) in [5.74, 6) is 0.772. The molecule has 0 saturated heterocycles. The molecule has 0 bridgehead atoms. The van der Waals surface area contributed by atoms with Gasteiger partial charge in [0.25, 0.3) is 5.91 Å². The zero-order valence-electron chi connectivity index (χ0n) is 16.6. The van der Waals surface area contributed by atoms with Crippen molar-refractivity contribution in [1.29, 1.82) is 0 Å². The van der Waals surface area contributed by atoms with Gasteiger partial charge in [-0.3, -0.25) is 4.79 Å². The number of nitrogens with one attached hydrogen (secondary N) is 2. The van der Waals surface area contributed by atoms with Crippen LogP contribution in [0.25, 0.3) is 22.6 Å². The van der Waals surface area contributed by atoms with E-state index in [1.54, 1.807) is 0 Å². The van der Waals surface area contributed by atoms with Crippen molar-refractivity contribution in [3.63, 3.8) is 0 Å². The summed E-state index contributed by atoms with van der Waals surface area (Å²) in [6, 6.07) is 13.9. The number of carbonyl (C=O) groups excluding carboxylic acids is 1. The molecule has 2 aromatic carbocycles. The number of ether oxygens (including phenoxy) is 1. The number of benzene rings is 2. The normalized spacial score (nSPS) is 14.6. The standard InChI is InChI=1S/C23H24BrN3O2/c1-3-27(4-2)9-10-29-18-6-8-21-15(12-18)11-17(25-21)14-20-19-7-5-16(24)13-22(19)26-23(20)28/h5-8,11-14,25H,3-4,9-10H2,1-2H3,(H,26,28)/b20-14+. The van der Waals surface area contributed by atoms with E-state index in [9.17, 15) is 4.79 Å². The molecule has 4 rings (SSSR count). The maximum Gasteiger partial charge on any atom is 0.256 e. The number of halogens is 1. The second kappa shape index (κ2) is 8.43. The Balaban J connectivity index is 1.54. The summed E-state index contributed by atoms with van der Waals surface area (Å²) in [4.78, 5) is 18.1. The first-order valence-electron chi connectivity index (χ1n) is 9.88. The highest BCUT2D eigenvalue weighted by atomic mass is 79.9. The first-order chi connectivity index (χ1) is 14.1. The van der Waals surface area contributed by atoms with E-state index < -0.39 is 0 Å². The maximum absolute atomic E-state index is 12.4. The summed E-state index contributed by atoms with van der Waals surface area (Å²) >= 11 is 3.44. The van der Waals surface area contributed by atoms with E-state index in [0.717, 1.165) is 57.7 Å². The number of hydrogen-bond acceptors (Lipinski definition) is 3. The predicted molar refractivity (Wildman–Crippen MR) is 122 cm³/mol. The summed E-state index contributed by atoms with van der Waals surface area (Å²) in [7, 11) is 0. The number of aromatic nitrogens is 1. The van der Waals surface area contributed by atoms with Crippen LogP contribution in [0.4, 0.5) is 5.69 Å². The zero-order valence-corrected chi connectivity index (χ0v) is 18.2. The third-order valence-corrected chi connectivity index (χ3v) is 5.74. The lowest BCUT2D eigenvalue weighted by atomic mass is 10.1. The highest BCUT2D eigenvalue weighted by molar-refractivity contribution is 9.10. The van der Waals surface area contributed by atoms with Crippen LogP contribution in [0, 0.1) is 0 Å². The minimum atomic E-state index is -0.0859. The summed E-state index contributed by atoms with van der Waals surface area (Å²) in [6.45, 7) is 7.96. The molecule has 0 radical (unpaired) electrons. The molecule has 1 amide bonds. The van der Waals surface area contributed by atoms with Gasteiger partial charge in [-0.2, -0.15) is 0 Å². The van der Waals surface area contributed by atoms with Crippen LogP contribution in [0.15, 0.2) is 46.9 Å². The lowest BCUT2D eigenvalue weighted by Gasteiger charge is -2.17. The number of carbonyl (C=O) groups is 1. The highest BCUT2D eigenvalue weighted by Gasteiger charge is 2.24. The minimum Gasteiger partial charge on any atom is -0.492 e. The molecule has 0 saturated carbocycles. The van der Waals surface area contributed by atoms with Gasteiger partial charge in [0.05, 0.1) is 11.3 Å². The van der Waals surface area contributed by atoms with Gasteiger partial charge in [0.2, 0.25) is 0 Å². The van der Waals surface area contributed by atoms with Crippen LogP contribution < -0.4 is 10.1 Å². The van der Waals surface area contributed by atoms with E-state index in [4.69, 9.17) is 4.74 Å². The molecule has 6 heteroatoms. The van der Waals surface area contributed by atoms with Crippen LogP contribution in [0.3, 0.4) is 0 Å². The average molecular weight is 454 g/mol. The summed E-state index contributed by atoms with van der Waals surface area (Å²) < 4.78 is 6.87. The molecule has 5 nitrogen and oxygen atoms in total. The summed E-state index contributed by atoms with van der Waals surface area (Å²) in [6.07, 6.45) is 1.90. The van der Waals surface area contributed by atoms with E-state index in [2.05, 4.69) is 45.0 Å². The smallest absolute Gasteiger partial charge is 0.256 e. The monoisotopic (exact) mass is 453 g/mol. The van der Waals surface area contributed by atoms with E-state index >= 15 is 0 Å². The lowest BCUT2D eigenvalue weighted by Crippen LogP contribution is -2.27. The Morgan fingerprint density at radius 3 is 2.72 bits per heavy atom. The molecule has 1 aromatic heterocycles. The molecule has 0 atom stereocenters. The topological polar surface area (TPSA) is 57.4 Å². The molecule has 29 heavy (non-hydrogen) atoms. The molecular formula is C23H24BrN3O2. The van der Waals surface area contributed by atoms with Crippen molar-refractivity contribution in [2.45, 2.75) is 13.8 Å². The number of amides is 1. The minimum absolute atomic E-state index is 0.0859. The van der Waals surface area contributed by atoms with Crippen LogP contribution >= 0.6 is 15.9 Å². The van der Waals surface area contributed by atoms with Gasteiger partial charge in [0, 0.05) is 33.2 Å². The predicted octanol–water partition coefficient (Wildman–Crippen LogP) is 5.14. The lowest BCUT2D eigenvalue weighted by molar-refractivity contribution is -0.110. The van der Waals surface area contributed by atoms with Gasteiger partial charge in [-0.1, -0.05) is 35.8 Å². The SMILES string of the molecule is CCN(CC)CCOc1ccc2[nH]c(/C=C3/C(=O)Nc4cc(Br)ccc43)cc2c1. The largest absolute Gasteiger partial charge is 0.492 e. The molecule has 0 spiro atoms. The summed E-state index contributed by atoms with van der Waals surface area (Å²) in [5.41, 5.74) is 4.31. The number of rotatable bonds is 7. The zero-order chi connectivity index (χ0) is 20.4. The second-order valence-electron chi connectivity index (χ2n) is 7.05. The number of fused-ring (bicyclic) bond motifs is 2. The van der Waals surface area contributed by atoms with Gasteiger partial charge >= 0.3 is 0 Å². The van der Waals surface area contributed by atoms with E-state index in [0.29, 0.717) is 12.2 Å². The van der Waals surface area contributed by atoms with Crippen molar-refractivity contribution in [3.05, 3.63) is 58.2 Å². The second-order valence-corrected chi connectivity index (χ2v) is 7.97. The van der Waals surface area contributed by atoms with Crippen molar-refractivity contribution >= 4 is 50.1 Å². The molecule has 150 valence electrons. The van der Waals surface area contributed by atoms with Gasteiger partial charge in [0.15, 0.2) is 0 Å². The van der Waals surface area contributed by atoms with E-state index in [1.807, 2.05) is 48.5 Å². The molecule has 2 heterocycles. The van der Waals surface area contributed by atoms with Crippen LogP contribution in [0.1, 0.15) is 25.1 Å². The molecule has 1 aliphatic heterocycles. The fourth-order valence-corrected chi connectivity index (χ4v) is 3.96. The molecule has 2 N–H and O–H groups in total. The number of anilines is 1. The Kier molecular flexibility index (Phi) is 5.74. The van der Waals surface area contributed by atoms with Crippen molar-refractivity contribution in [3.8, 4) is 5.75 Å². The van der Waals surface area contributed by atoms with Gasteiger partial charge < -0.3 is 19.9 Å². The molecule has 1 aliphatic rings. The number of likely N-dealkylation sites (N-methyl/N-ethyl adjacent to an activating group) is 1. The summed E-state index contributed by atoms with van der Waals surface area (Å²) in [5, 5.41) is 3.98. The Labute approximate surface area is 178 Å². The Bertz CT molecular complexity index is 1080. The first kappa shape index (κ1) is 19.7. The molecule has 0 unspecified atom stereocenters. The number of nitrogens with zero attached hydrogens (tertiary/aromatic N) is 1. The molecule has 0 fully saturated rings. The van der Waals surface area contributed by atoms with Crippen LogP contribution in [-0.4, -0.2) is 42.0 Å². The third-order valence-electron chi connectivity index (χ3n) is 5.25. The highest BCUT2D eigenvalue weighted by Crippen LogP contribution is 2.35. The molecular weight excluding hydrogens is 430 g/mol. The fraction of sp³-hybridized carbons (Fsp3) is 0.261. The van der Waals surface area contributed by atoms with Crippen molar-refractivity contribution < 1.29 is 9.53 Å². The Hall–Kier alpha value is -2.57. The van der Waals surface area contributed by atoms with Crippen molar-refractivity contribution in [1.82, 2.24) is 9.88 Å². The number of aromatic amines is 1. The Morgan fingerprint density at radius 2 is 1.93 bits per heavy atom. The average Bonchev–Trinajstić information content (AvgIpc) is 3.25. The van der Waals surface area contributed by atoms with Gasteiger partial charge in [-0.15, -0.1) is 0 Å². The molecule has 0 aliphatic carbocycles. The number of H-pyrrole nitrogens is 1. The molecule has 3 aromatic rings. The van der Waals surface area contributed by atoms with Gasteiger partial charge in [-0.25, -0.2) is 0 Å².